The Morgan fingerprint density at radius 1 is 1.05 bits per heavy atom. The molecular formula is C19H23N3. The molecule has 0 atom stereocenters. The van der Waals surface area contributed by atoms with E-state index in [0.29, 0.717) is 0 Å². The van der Waals surface area contributed by atoms with Crippen molar-refractivity contribution in [2.45, 2.75) is 26.3 Å². The van der Waals surface area contributed by atoms with E-state index in [9.17, 15) is 0 Å². The second kappa shape index (κ2) is 6.75. The molecule has 0 bridgehead atoms. The molecule has 3 heteroatoms. The monoisotopic (exact) mass is 293 g/mol. The molecule has 0 aliphatic heterocycles. The van der Waals surface area contributed by atoms with Gasteiger partial charge in [-0.15, -0.1) is 0 Å². The fourth-order valence-corrected chi connectivity index (χ4v) is 2.82. The van der Waals surface area contributed by atoms with Gasteiger partial charge in [0, 0.05) is 19.5 Å². The largest absolute Gasteiger partial charge is 0.323 e. The molecule has 0 fully saturated rings. The first-order valence-electron chi connectivity index (χ1n) is 7.98. The minimum Gasteiger partial charge on any atom is -0.323 e. The molecule has 3 nitrogen and oxygen atoms in total. The minimum absolute atomic E-state index is 0.877. The van der Waals surface area contributed by atoms with E-state index in [1.54, 1.807) is 0 Å². The molecule has 1 aromatic heterocycles. The van der Waals surface area contributed by atoms with Crippen LogP contribution in [0.15, 0.2) is 48.5 Å². The molecule has 0 unspecified atom stereocenters. The number of likely N-dealkylation sites (N-methyl/N-ethyl adjacent to an activating group) is 1. The minimum atomic E-state index is 0.877. The molecule has 3 rings (SSSR count). The predicted molar refractivity (Wildman–Crippen MR) is 92.3 cm³/mol. The van der Waals surface area contributed by atoms with E-state index in [4.69, 9.17) is 4.98 Å². The highest BCUT2D eigenvalue weighted by Crippen LogP contribution is 2.20. The lowest BCUT2D eigenvalue weighted by molar-refractivity contribution is 0.696. The fourth-order valence-electron chi connectivity index (χ4n) is 2.82. The van der Waals surface area contributed by atoms with Crippen LogP contribution in [0.25, 0.3) is 11.0 Å². The van der Waals surface area contributed by atoms with Gasteiger partial charge in [0.05, 0.1) is 11.0 Å². The quantitative estimate of drug-likeness (QED) is 0.755. The van der Waals surface area contributed by atoms with E-state index >= 15 is 0 Å². The maximum atomic E-state index is 4.88. The van der Waals surface area contributed by atoms with Crippen molar-refractivity contribution in [3.8, 4) is 0 Å². The molecule has 0 saturated heterocycles. The van der Waals surface area contributed by atoms with E-state index < -0.39 is 0 Å². The highest BCUT2D eigenvalue weighted by molar-refractivity contribution is 5.77. The SMILES string of the molecule is CCc1ccc2c(c1)nc(CCNC)n2Cc1ccccc1. The van der Waals surface area contributed by atoms with Crippen LogP contribution in [-0.4, -0.2) is 23.1 Å². The zero-order valence-corrected chi connectivity index (χ0v) is 13.3. The van der Waals surface area contributed by atoms with Crippen LogP contribution in [-0.2, 0) is 19.4 Å². The summed E-state index contributed by atoms with van der Waals surface area (Å²) in [6.07, 6.45) is 1.99. The molecule has 114 valence electrons. The lowest BCUT2D eigenvalue weighted by atomic mass is 10.1. The van der Waals surface area contributed by atoms with Gasteiger partial charge in [0.2, 0.25) is 0 Å². The summed E-state index contributed by atoms with van der Waals surface area (Å²) in [6, 6.07) is 17.3. The highest BCUT2D eigenvalue weighted by Gasteiger charge is 2.11. The van der Waals surface area contributed by atoms with E-state index in [1.165, 1.54) is 16.6 Å². The molecule has 1 heterocycles. The Hall–Kier alpha value is -2.13. The first-order chi connectivity index (χ1) is 10.8. The first kappa shape index (κ1) is 14.8. The topological polar surface area (TPSA) is 29.9 Å². The standard InChI is InChI=1S/C19H23N3/c1-3-15-9-10-18-17(13-15)21-19(11-12-20-2)22(18)14-16-7-5-4-6-8-16/h4-10,13,20H,3,11-12,14H2,1-2H3. The summed E-state index contributed by atoms with van der Waals surface area (Å²) in [4.78, 5) is 4.88. The summed E-state index contributed by atoms with van der Waals surface area (Å²) in [7, 11) is 1.99. The van der Waals surface area contributed by atoms with Crippen LogP contribution in [0.2, 0.25) is 0 Å². The second-order valence-electron chi connectivity index (χ2n) is 5.63. The number of nitrogens with one attached hydrogen (secondary N) is 1. The van der Waals surface area contributed by atoms with Crippen LogP contribution in [0.5, 0.6) is 0 Å². The summed E-state index contributed by atoms with van der Waals surface area (Å²) in [5.74, 6) is 1.15. The number of fused-ring (bicyclic) bond motifs is 1. The van der Waals surface area contributed by atoms with Crippen LogP contribution in [0.1, 0.15) is 23.9 Å². The van der Waals surface area contributed by atoms with Crippen LogP contribution in [0.4, 0.5) is 0 Å². The molecule has 0 aliphatic rings. The van der Waals surface area contributed by atoms with Gasteiger partial charge in [-0.3, -0.25) is 0 Å². The second-order valence-corrected chi connectivity index (χ2v) is 5.63. The maximum absolute atomic E-state index is 4.88. The van der Waals surface area contributed by atoms with Gasteiger partial charge in [-0.05, 0) is 36.7 Å². The van der Waals surface area contributed by atoms with Crippen LogP contribution >= 0.6 is 0 Å². The number of hydrogen-bond donors (Lipinski definition) is 1. The van der Waals surface area contributed by atoms with Gasteiger partial charge in [-0.2, -0.15) is 0 Å². The Balaban J connectivity index is 2.03. The average molecular weight is 293 g/mol. The van der Waals surface area contributed by atoms with Gasteiger partial charge in [0.25, 0.3) is 0 Å². The molecule has 22 heavy (non-hydrogen) atoms. The zero-order chi connectivity index (χ0) is 15.4. The third kappa shape index (κ3) is 3.04. The van der Waals surface area contributed by atoms with Gasteiger partial charge in [-0.25, -0.2) is 4.98 Å². The smallest absolute Gasteiger partial charge is 0.111 e. The van der Waals surface area contributed by atoms with Crippen molar-refractivity contribution in [1.29, 1.82) is 0 Å². The Labute approximate surface area is 132 Å². The number of aromatic nitrogens is 2. The summed E-state index contributed by atoms with van der Waals surface area (Å²) in [6.45, 7) is 4.00. The normalized spacial score (nSPS) is 11.2. The zero-order valence-electron chi connectivity index (χ0n) is 13.3. The van der Waals surface area contributed by atoms with Crippen LogP contribution in [0, 0.1) is 0 Å². The Bertz CT molecular complexity index is 744. The average Bonchev–Trinajstić information content (AvgIpc) is 2.90. The molecule has 1 N–H and O–H groups in total. The number of imidazole rings is 1. The van der Waals surface area contributed by atoms with Crippen molar-refractivity contribution in [3.05, 3.63) is 65.5 Å². The maximum Gasteiger partial charge on any atom is 0.111 e. The van der Waals surface area contributed by atoms with Crippen molar-refractivity contribution < 1.29 is 0 Å². The molecular weight excluding hydrogens is 270 g/mol. The molecule has 0 saturated carbocycles. The number of aryl methyl sites for hydroxylation is 1. The summed E-state index contributed by atoms with van der Waals surface area (Å²) >= 11 is 0. The van der Waals surface area contributed by atoms with Gasteiger partial charge in [0.1, 0.15) is 5.82 Å². The highest BCUT2D eigenvalue weighted by atomic mass is 15.1. The van der Waals surface area contributed by atoms with E-state index in [-0.39, 0.29) is 0 Å². The van der Waals surface area contributed by atoms with Crippen molar-refractivity contribution in [2.24, 2.45) is 0 Å². The number of benzene rings is 2. The molecule has 0 radical (unpaired) electrons. The third-order valence-corrected chi connectivity index (χ3v) is 4.08. The van der Waals surface area contributed by atoms with Crippen molar-refractivity contribution >= 4 is 11.0 Å². The Morgan fingerprint density at radius 2 is 1.86 bits per heavy atom. The van der Waals surface area contributed by atoms with Gasteiger partial charge < -0.3 is 9.88 Å². The molecule has 0 spiro atoms. The molecule has 3 aromatic rings. The van der Waals surface area contributed by atoms with Crippen LogP contribution in [0.3, 0.4) is 0 Å². The molecule has 0 amide bonds. The lowest BCUT2D eigenvalue weighted by Crippen LogP contribution is -2.14. The number of hydrogen-bond acceptors (Lipinski definition) is 2. The fraction of sp³-hybridized carbons (Fsp3) is 0.316. The van der Waals surface area contributed by atoms with E-state index in [0.717, 1.165) is 37.3 Å². The van der Waals surface area contributed by atoms with Crippen molar-refractivity contribution in [2.75, 3.05) is 13.6 Å². The third-order valence-electron chi connectivity index (χ3n) is 4.08. The van der Waals surface area contributed by atoms with Gasteiger partial charge in [-0.1, -0.05) is 43.3 Å². The summed E-state index contributed by atoms with van der Waals surface area (Å²) < 4.78 is 2.35. The number of rotatable bonds is 6. The molecule has 0 aliphatic carbocycles. The van der Waals surface area contributed by atoms with Crippen molar-refractivity contribution in [3.63, 3.8) is 0 Å². The van der Waals surface area contributed by atoms with Crippen molar-refractivity contribution in [1.82, 2.24) is 14.9 Å². The predicted octanol–water partition coefficient (Wildman–Crippen LogP) is 3.41. The van der Waals surface area contributed by atoms with Gasteiger partial charge >= 0.3 is 0 Å². The Kier molecular flexibility index (Phi) is 4.54. The Morgan fingerprint density at radius 3 is 2.59 bits per heavy atom. The van der Waals surface area contributed by atoms with E-state index in [1.807, 2.05) is 7.05 Å². The molecule has 2 aromatic carbocycles. The van der Waals surface area contributed by atoms with Crippen LogP contribution < -0.4 is 5.32 Å². The lowest BCUT2D eigenvalue weighted by Gasteiger charge is -2.09. The number of nitrogens with zero attached hydrogens (tertiary/aromatic N) is 2. The first-order valence-corrected chi connectivity index (χ1v) is 7.98. The summed E-state index contributed by atoms with van der Waals surface area (Å²) in [5, 5.41) is 3.22. The summed E-state index contributed by atoms with van der Waals surface area (Å²) in [5.41, 5.74) is 5.00. The van der Waals surface area contributed by atoms with Gasteiger partial charge in [0.15, 0.2) is 0 Å². The van der Waals surface area contributed by atoms with E-state index in [2.05, 4.69) is 65.3 Å².